The van der Waals surface area contributed by atoms with Crippen LogP contribution >= 0.6 is 9.03 Å². The van der Waals surface area contributed by atoms with E-state index in [0.29, 0.717) is 0 Å². The van der Waals surface area contributed by atoms with Gasteiger partial charge in [-0.05, 0) is 6.42 Å². The lowest BCUT2D eigenvalue weighted by Crippen LogP contribution is -1.86. The Bertz CT molecular complexity index is 138. The van der Waals surface area contributed by atoms with Crippen molar-refractivity contribution in [1.29, 1.82) is 0 Å². The molecular formula is C16H35O2P. The topological polar surface area (TPSA) is 29.5 Å². The van der Waals surface area contributed by atoms with E-state index < -0.39 is 0 Å². The molecular weight excluding hydrogens is 255 g/mol. The van der Waals surface area contributed by atoms with Gasteiger partial charge >= 0.3 is 0 Å². The van der Waals surface area contributed by atoms with E-state index in [1.54, 1.807) is 0 Å². The second-order valence-corrected chi connectivity index (χ2v) is 6.01. The van der Waals surface area contributed by atoms with E-state index in [-0.39, 0.29) is 9.03 Å². The lowest BCUT2D eigenvalue weighted by atomic mass is 10.0. The fourth-order valence-electron chi connectivity index (χ4n) is 2.41. The lowest BCUT2D eigenvalue weighted by molar-refractivity contribution is 0.313. The van der Waals surface area contributed by atoms with Crippen molar-refractivity contribution in [2.75, 3.05) is 6.61 Å². The summed E-state index contributed by atoms with van der Waals surface area (Å²) in [6.45, 7) is 3.01. The van der Waals surface area contributed by atoms with Crippen LogP contribution in [0, 0.1) is 0 Å². The third kappa shape index (κ3) is 18.4. The molecule has 19 heavy (non-hydrogen) atoms. The second-order valence-electron chi connectivity index (χ2n) is 5.54. The van der Waals surface area contributed by atoms with Crippen molar-refractivity contribution < 1.29 is 9.42 Å². The molecule has 0 rings (SSSR count). The first-order chi connectivity index (χ1) is 9.41. The van der Waals surface area contributed by atoms with Crippen LogP contribution in [0.1, 0.15) is 96.8 Å². The molecule has 0 bridgehead atoms. The van der Waals surface area contributed by atoms with Gasteiger partial charge in [-0.15, -0.1) is 0 Å². The molecule has 0 amide bonds. The lowest BCUT2D eigenvalue weighted by Gasteiger charge is -2.03. The molecule has 0 aromatic rings. The fraction of sp³-hybridized carbons (Fsp3) is 1.00. The molecule has 1 atom stereocenters. The highest BCUT2D eigenvalue weighted by Gasteiger charge is 1.94. The summed E-state index contributed by atoms with van der Waals surface area (Å²) in [5, 5.41) is 0. The normalized spacial score (nSPS) is 11.7. The quantitative estimate of drug-likeness (QED) is 0.280. The van der Waals surface area contributed by atoms with E-state index >= 15 is 0 Å². The van der Waals surface area contributed by atoms with Crippen LogP contribution in [0.5, 0.6) is 0 Å². The maximum atomic E-state index is 8.48. The molecule has 1 N–H and O–H groups in total. The van der Waals surface area contributed by atoms with Crippen LogP contribution in [-0.2, 0) is 4.52 Å². The summed E-state index contributed by atoms with van der Waals surface area (Å²) >= 11 is 0. The third-order valence-corrected chi connectivity index (χ3v) is 4.00. The molecule has 0 spiro atoms. The molecule has 0 aliphatic heterocycles. The van der Waals surface area contributed by atoms with Crippen molar-refractivity contribution in [3.8, 4) is 0 Å². The van der Waals surface area contributed by atoms with Crippen LogP contribution in [-0.4, -0.2) is 11.5 Å². The summed E-state index contributed by atoms with van der Waals surface area (Å²) in [5.74, 6) is 0. The van der Waals surface area contributed by atoms with Crippen LogP contribution in [0.15, 0.2) is 0 Å². The zero-order valence-electron chi connectivity index (χ0n) is 13.0. The van der Waals surface area contributed by atoms with Crippen molar-refractivity contribution in [3.05, 3.63) is 0 Å². The molecule has 0 fully saturated rings. The van der Waals surface area contributed by atoms with E-state index in [9.17, 15) is 0 Å². The van der Waals surface area contributed by atoms with Crippen molar-refractivity contribution >= 4 is 9.03 Å². The Kier molecular flexibility index (Phi) is 18.7. The van der Waals surface area contributed by atoms with Crippen molar-refractivity contribution in [3.63, 3.8) is 0 Å². The van der Waals surface area contributed by atoms with E-state index in [1.807, 2.05) is 0 Å². The maximum Gasteiger partial charge on any atom is 0.152 e. The number of hydrogen-bond donors (Lipinski definition) is 1. The fourth-order valence-corrected chi connectivity index (χ4v) is 2.65. The zero-order valence-corrected chi connectivity index (χ0v) is 14.0. The Hall–Kier alpha value is 0.350. The summed E-state index contributed by atoms with van der Waals surface area (Å²) in [6.07, 6.45) is 19.3. The van der Waals surface area contributed by atoms with Crippen molar-refractivity contribution in [2.45, 2.75) is 96.8 Å². The monoisotopic (exact) mass is 290 g/mol. The Labute approximate surface area is 122 Å². The third-order valence-electron chi connectivity index (χ3n) is 3.66. The molecule has 1 unspecified atom stereocenters. The Balaban J connectivity index is 2.88. The average molecular weight is 290 g/mol. The number of hydrogen-bond acceptors (Lipinski definition) is 2. The largest absolute Gasteiger partial charge is 0.352 e. The average Bonchev–Trinajstić information content (AvgIpc) is 2.43. The van der Waals surface area contributed by atoms with Gasteiger partial charge in [-0.1, -0.05) is 90.4 Å². The number of unbranched alkanes of at least 4 members (excludes halogenated alkanes) is 13. The second kappa shape index (κ2) is 18.4. The Morgan fingerprint density at radius 1 is 0.632 bits per heavy atom. The van der Waals surface area contributed by atoms with Gasteiger partial charge in [0.1, 0.15) is 0 Å². The maximum absolute atomic E-state index is 8.48. The molecule has 2 nitrogen and oxygen atoms in total. The predicted octanol–water partition coefficient (Wildman–Crippen LogP) is 5.99. The summed E-state index contributed by atoms with van der Waals surface area (Å²) in [6, 6.07) is 0. The zero-order chi connectivity index (χ0) is 14.0. The molecule has 0 aliphatic rings. The minimum Gasteiger partial charge on any atom is -0.352 e. The Morgan fingerprint density at radius 2 is 1.00 bits per heavy atom. The highest BCUT2D eigenvalue weighted by atomic mass is 31.1. The molecule has 0 saturated heterocycles. The molecule has 0 aromatic carbocycles. The Morgan fingerprint density at radius 3 is 1.37 bits per heavy atom. The minimum absolute atomic E-state index is 0.331. The van der Waals surface area contributed by atoms with Crippen LogP contribution in [0.2, 0.25) is 0 Å². The van der Waals surface area contributed by atoms with Crippen LogP contribution in [0.3, 0.4) is 0 Å². The summed E-state index contributed by atoms with van der Waals surface area (Å²) in [4.78, 5) is 8.48. The first kappa shape index (κ1) is 19.4. The first-order valence-corrected chi connectivity index (χ1v) is 9.28. The van der Waals surface area contributed by atoms with Crippen molar-refractivity contribution in [1.82, 2.24) is 0 Å². The SMILES string of the molecule is CCCCCCCCCCCCCCCCOPO. The number of rotatable bonds is 16. The molecule has 3 heteroatoms. The molecule has 0 saturated carbocycles. The highest BCUT2D eigenvalue weighted by Crippen LogP contribution is 2.13. The first-order valence-electron chi connectivity index (χ1n) is 8.42. The molecule has 116 valence electrons. The summed E-state index contributed by atoms with van der Waals surface area (Å²) < 4.78 is 4.92. The molecule has 0 aliphatic carbocycles. The van der Waals surface area contributed by atoms with Gasteiger partial charge in [0.15, 0.2) is 9.03 Å². The minimum atomic E-state index is -0.331. The van der Waals surface area contributed by atoms with E-state index in [4.69, 9.17) is 9.42 Å². The standard InChI is InChI=1S/C16H35O2P/c1-2-3-4-5-6-7-8-9-10-11-12-13-14-15-16-18-19-17/h17,19H,2-16H2,1H3. The van der Waals surface area contributed by atoms with Gasteiger partial charge in [-0.25, -0.2) is 0 Å². The van der Waals surface area contributed by atoms with Crippen LogP contribution < -0.4 is 0 Å². The summed E-state index contributed by atoms with van der Waals surface area (Å²) in [5.41, 5.74) is 0. The van der Waals surface area contributed by atoms with Gasteiger partial charge in [0.05, 0.1) is 6.61 Å². The van der Waals surface area contributed by atoms with Crippen molar-refractivity contribution in [2.24, 2.45) is 0 Å². The van der Waals surface area contributed by atoms with Crippen LogP contribution in [0.25, 0.3) is 0 Å². The van der Waals surface area contributed by atoms with Gasteiger partial charge < -0.3 is 9.42 Å². The predicted molar refractivity (Wildman–Crippen MR) is 86.8 cm³/mol. The van der Waals surface area contributed by atoms with Gasteiger partial charge in [-0.3, -0.25) is 0 Å². The van der Waals surface area contributed by atoms with Gasteiger partial charge in [0, 0.05) is 0 Å². The summed E-state index contributed by atoms with van der Waals surface area (Å²) in [7, 11) is -0.331. The van der Waals surface area contributed by atoms with Gasteiger partial charge in [0.25, 0.3) is 0 Å². The molecule has 0 aromatic heterocycles. The van der Waals surface area contributed by atoms with Gasteiger partial charge in [-0.2, -0.15) is 0 Å². The van der Waals surface area contributed by atoms with Gasteiger partial charge in [0.2, 0.25) is 0 Å². The van der Waals surface area contributed by atoms with E-state index in [0.717, 1.165) is 13.0 Å². The smallest absolute Gasteiger partial charge is 0.152 e. The van der Waals surface area contributed by atoms with E-state index in [1.165, 1.54) is 83.5 Å². The van der Waals surface area contributed by atoms with E-state index in [2.05, 4.69) is 6.92 Å². The van der Waals surface area contributed by atoms with Crippen LogP contribution in [0.4, 0.5) is 0 Å². The molecule has 0 radical (unpaired) electrons. The highest BCUT2D eigenvalue weighted by molar-refractivity contribution is 7.24. The molecule has 0 heterocycles.